The molecule has 0 aromatic heterocycles. The topological polar surface area (TPSA) is 26.3 Å². The zero-order valence-electron chi connectivity index (χ0n) is 8.84. The van der Waals surface area contributed by atoms with Gasteiger partial charge in [-0.3, -0.25) is 0 Å². The van der Waals surface area contributed by atoms with Crippen LogP contribution in [0.2, 0.25) is 0 Å². The summed E-state index contributed by atoms with van der Waals surface area (Å²) in [7, 11) is 1.17. The first-order valence-corrected chi connectivity index (χ1v) is 4.60. The van der Waals surface area contributed by atoms with Crippen LogP contribution in [0.3, 0.4) is 0 Å². The van der Waals surface area contributed by atoms with E-state index in [-0.39, 0.29) is 5.75 Å². The summed E-state index contributed by atoms with van der Waals surface area (Å²) in [6.45, 7) is 1.61. The van der Waals surface area contributed by atoms with Gasteiger partial charge in [0, 0.05) is 5.92 Å². The van der Waals surface area contributed by atoms with E-state index < -0.39 is 17.7 Å². The van der Waals surface area contributed by atoms with E-state index in [9.17, 15) is 18.0 Å². The van der Waals surface area contributed by atoms with Crippen LogP contribution in [0, 0.1) is 0 Å². The highest BCUT2D eigenvalue weighted by Gasteiger charge is 2.34. The average Bonchev–Trinajstić information content (AvgIpc) is 2.25. The Bertz CT molecular complexity index is 385. The second kappa shape index (κ2) is 4.55. The Kier molecular flexibility index (Phi) is 3.57. The van der Waals surface area contributed by atoms with E-state index in [2.05, 4.69) is 4.74 Å². The van der Waals surface area contributed by atoms with Crippen LogP contribution in [0.4, 0.5) is 13.2 Å². The summed E-state index contributed by atoms with van der Waals surface area (Å²) in [5.41, 5.74) is -0.336. The predicted molar refractivity (Wildman–Crippen MR) is 52.5 cm³/mol. The second-order valence-corrected chi connectivity index (χ2v) is 3.38. The third-order valence-electron chi connectivity index (χ3n) is 2.26. The fourth-order valence-electron chi connectivity index (χ4n) is 1.30. The number of hydrogen-bond acceptors (Lipinski definition) is 2. The molecule has 1 atom stereocenters. The van der Waals surface area contributed by atoms with Crippen molar-refractivity contribution in [3.05, 3.63) is 29.3 Å². The average molecular weight is 232 g/mol. The highest BCUT2D eigenvalue weighted by Crippen LogP contribution is 2.37. The van der Waals surface area contributed by atoms with E-state index in [4.69, 9.17) is 0 Å². The van der Waals surface area contributed by atoms with Crippen molar-refractivity contribution in [2.75, 3.05) is 7.11 Å². The Morgan fingerprint density at radius 2 is 2.00 bits per heavy atom. The van der Waals surface area contributed by atoms with Crippen molar-refractivity contribution in [2.24, 2.45) is 0 Å². The Balaban J connectivity index is 3.22. The van der Waals surface area contributed by atoms with Crippen molar-refractivity contribution < 1.29 is 22.7 Å². The molecular weight excluding hydrogens is 221 g/mol. The van der Waals surface area contributed by atoms with Crippen LogP contribution in [0.15, 0.2) is 18.2 Å². The number of methoxy groups -OCH3 is 1. The first-order chi connectivity index (χ1) is 7.40. The Morgan fingerprint density at radius 1 is 1.38 bits per heavy atom. The molecule has 0 N–H and O–H groups in total. The molecular formula is C11H11F3O2. The number of carbonyl (C=O) groups excluding carboxylic acids is 1. The maximum Gasteiger partial charge on any atom is 0.419 e. The second-order valence-electron chi connectivity index (χ2n) is 3.38. The number of aldehydes is 1. The highest BCUT2D eigenvalue weighted by molar-refractivity contribution is 5.62. The quantitative estimate of drug-likeness (QED) is 0.749. The minimum absolute atomic E-state index is 0.265. The van der Waals surface area contributed by atoms with Gasteiger partial charge in [-0.15, -0.1) is 0 Å². The molecule has 0 saturated heterocycles. The van der Waals surface area contributed by atoms with Gasteiger partial charge < -0.3 is 9.53 Å². The molecule has 1 unspecified atom stereocenters. The third-order valence-corrected chi connectivity index (χ3v) is 2.26. The van der Waals surface area contributed by atoms with Crippen LogP contribution >= 0.6 is 0 Å². The van der Waals surface area contributed by atoms with E-state index >= 15 is 0 Å². The van der Waals surface area contributed by atoms with E-state index in [0.29, 0.717) is 11.8 Å². The third kappa shape index (κ3) is 2.53. The molecule has 1 aromatic carbocycles. The predicted octanol–water partition coefficient (Wildman–Crippen LogP) is 3.02. The van der Waals surface area contributed by atoms with Crippen molar-refractivity contribution in [2.45, 2.75) is 19.0 Å². The van der Waals surface area contributed by atoms with E-state index in [1.54, 1.807) is 6.92 Å². The summed E-state index contributed by atoms with van der Waals surface area (Å²) in [5.74, 6) is -0.713. The van der Waals surface area contributed by atoms with Crippen LogP contribution in [0.25, 0.3) is 0 Å². The van der Waals surface area contributed by atoms with E-state index in [1.165, 1.54) is 19.2 Å². The van der Waals surface area contributed by atoms with Crippen LogP contribution in [-0.4, -0.2) is 13.4 Å². The Hall–Kier alpha value is -1.52. The fraction of sp³-hybridized carbons (Fsp3) is 0.364. The standard InChI is InChI=1S/C11H11F3O2/c1-7(6-15)8-3-4-9(11(12,13)14)10(5-8)16-2/h3-7H,1-2H3. The lowest BCUT2D eigenvalue weighted by Crippen LogP contribution is -2.08. The molecule has 0 aliphatic heterocycles. The molecule has 16 heavy (non-hydrogen) atoms. The summed E-state index contributed by atoms with van der Waals surface area (Å²) < 4.78 is 42.2. The number of rotatable bonds is 3. The molecule has 1 aromatic rings. The zero-order valence-corrected chi connectivity index (χ0v) is 8.84. The number of halogens is 3. The molecule has 0 amide bonds. The molecule has 2 nitrogen and oxygen atoms in total. The first kappa shape index (κ1) is 12.5. The Morgan fingerprint density at radius 3 is 2.44 bits per heavy atom. The maximum absolute atomic E-state index is 12.5. The van der Waals surface area contributed by atoms with E-state index in [0.717, 1.165) is 6.07 Å². The molecule has 88 valence electrons. The minimum Gasteiger partial charge on any atom is -0.496 e. The largest absolute Gasteiger partial charge is 0.496 e. The summed E-state index contributed by atoms with van der Waals surface area (Å²) in [6.07, 6.45) is -3.78. The summed E-state index contributed by atoms with van der Waals surface area (Å²) in [4.78, 5) is 10.5. The van der Waals surface area contributed by atoms with Crippen molar-refractivity contribution in [1.29, 1.82) is 0 Å². The minimum atomic E-state index is -4.45. The lowest BCUT2D eigenvalue weighted by atomic mass is 10.0. The van der Waals surface area contributed by atoms with Crippen LogP contribution in [0.5, 0.6) is 5.75 Å². The van der Waals surface area contributed by atoms with Gasteiger partial charge in [0.15, 0.2) is 0 Å². The summed E-state index contributed by atoms with van der Waals surface area (Å²) in [5, 5.41) is 0. The van der Waals surface area contributed by atoms with Gasteiger partial charge in [0.05, 0.1) is 12.7 Å². The normalized spacial score (nSPS) is 13.3. The lowest BCUT2D eigenvalue weighted by Gasteiger charge is -2.14. The molecule has 0 bridgehead atoms. The molecule has 0 saturated carbocycles. The fourth-order valence-corrected chi connectivity index (χ4v) is 1.30. The van der Waals surface area contributed by atoms with Crippen molar-refractivity contribution in [3.8, 4) is 5.75 Å². The molecule has 0 aliphatic rings. The van der Waals surface area contributed by atoms with Gasteiger partial charge in [0.2, 0.25) is 0 Å². The molecule has 0 radical (unpaired) electrons. The Labute approximate surface area is 91.0 Å². The van der Waals surface area contributed by atoms with Gasteiger partial charge in [-0.25, -0.2) is 0 Å². The van der Waals surface area contributed by atoms with Crippen molar-refractivity contribution >= 4 is 6.29 Å². The maximum atomic E-state index is 12.5. The van der Waals surface area contributed by atoms with E-state index in [1.807, 2.05) is 0 Å². The first-order valence-electron chi connectivity index (χ1n) is 4.60. The van der Waals surface area contributed by atoms with Crippen LogP contribution in [0.1, 0.15) is 24.0 Å². The molecule has 0 fully saturated rings. The van der Waals surface area contributed by atoms with Crippen molar-refractivity contribution in [3.63, 3.8) is 0 Å². The lowest BCUT2D eigenvalue weighted by molar-refractivity contribution is -0.138. The SMILES string of the molecule is COc1cc(C(C)C=O)ccc1C(F)(F)F. The molecule has 0 heterocycles. The van der Waals surface area contributed by atoms with Gasteiger partial charge in [0.1, 0.15) is 12.0 Å². The number of hydrogen-bond donors (Lipinski definition) is 0. The monoisotopic (exact) mass is 232 g/mol. The molecule has 5 heteroatoms. The van der Waals surface area contributed by atoms with Gasteiger partial charge in [-0.2, -0.15) is 13.2 Å². The zero-order chi connectivity index (χ0) is 12.3. The number of ether oxygens (including phenoxy) is 1. The smallest absolute Gasteiger partial charge is 0.419 e. The number of benzene rings is 1. The molecule has 0 spiro atoms. The van der Waals surface area contributed by atoms with Gasteiger partial charge in [0.25, 0.3) is 0 Å². The van der Waals surface area contributed by atoms with Crippen LogP contribution < -0.4 is 4.74 Å². The van der Waals surface area contributed by atoms with Gasteiger partial charge >= 0.3 is 6.18 Å². The highest BCUT2D eigenvalue weighted by atomic mass is 19.4. The van der Waals surface area contributed by atoms with Crippen LogP contribution in [-0.2, 0) is 11.0 Å². The summed E-state index contributed by atoms with van der Waals surface area (Å²) in [6, 6.07) is 3.44. The van der Waals surface area contributed by atoms with Gasteiger partial charge in [-0.05, 0) is 17.7 Å². The number of carbonyl (C=O) groups is 1. The number of alkyl halides is 3. The molecule has 1 rings (SSSR count). The molecule has 0 aliphatic carbocycles. The summed E-state index contributed by atoms with van der Waals surface area (Å²) >= 11 is 0. The van der Waals surface area contributed by atoms with Gasteiger partial charge in [-0.1, -0.05) is 13.0 Å². The van der Waals surface area contributed by atoms with Crippen molar-refractivity contribution in [1.82, 2.24) is 0 Å².